The summed E-state index contributed by atoms with van der Waals surface area (Å²) in [6.45, 7) is 1.88. The predicted octanol–water partition coefficient (Wildman–Crippen LogP) is 1.75. The Morgan fingerprint density at radius 1 is 1.14 bits per heavy atom. The highest BCUT2D eigenvalue weighted by molar-refractivity contribution is 5.94. The molecule has 0 bridgehead atoms. The summed E-state index contributed by atoms with van der Waals surface area (Å²) in [5.41, 5.74) is 3.86. The van der Waals surface area contributed by atoms with Gasteiger partial charge in [0, 0.05) is 25.2 Å². The Balaban J connectivity index is 1.62. The standard InChI is InChI=1S/C17H18N2O2/c20-16(12-4-2-1-3-5-12)11-19-17(21)13-6-7-14-9-18-10-15(14)8-13/h1-8,16,18,20H,9-11H2,(H,19,21). The molecule has 1 unspecified atom stereocenters. The number of carbonyl (C=O) groups is 1. The number of benzene rings is 2. The monoisotopic (exact) mass is 282 g/mol. The molecular weight excluding hydrogens is 264 g/mol. The van der Waals surface area contributed by atoms with Crippen molar-refractivity contribution in [3.05, 3.63) is 70.8 Å². The van der Waals surface area contributed by atoms with Crippen LogP contribution < -0.4 is 10.6 Å². The number of fused-ring (bicyclic) bond motifs is 1. The maximum Gasteiger partial charge on any atom is 0.251 e. The van der Waals surface area contributed by atoms with E-state index in [4.69, 9.17) is 0 Å². The molecule has 1 atom stereocenters. The van der Waals surface area contributed by atoms with Crippen LogP contribution in [0.3, 0.4) is 0 Å². The van der Waals surface area contributed by atoms with Crippen molar-refractivity contribution in [2.24, 2.45) is 0 Å². The minimum absolute atomic E-state index is 0.153. The van der Waals surface area contributed by atoms with E-state index in [1.54, 1.807) is 0 Å². The largest absolute Gasteiger partial charge is 0.387 e. The number of amides is 1. The Labute approximate surface area is 123 Å². The van der Waals surface area contributed by atoms with Crippen LogP contribution in [0.25, 0.3) is 0 Å². The Hall–Kier alpha value is -2.17. The lowest BCUT2D eigenvalue weighted by Gasteiger charge is -2.12. The van der Waals surface area contributed by atoms with Gasteiger partial charge in [-0.05, 0) is 28.8 Å². The lowest BCUT2D eigenvalue weighted by Crippen LogP contribution is -2.28. The van der Waals surface area contributed by atoms with Gasteiger partial charge in [-0.1, -0.05) is 36.4 Å². The van der Waals surface area contributed by atoms with Crippen LogP contribution in [0.5, 0.6) is 0 Å². The third-order valence-corrected chi connectivity index (χ3v) is 3.74. The summed E-state index contributed by atoms with van der Waals surface area (Å²) in [6.07, 6.45) is -0.689. The second-order valence-corrected chi connectivity index (χ2v) is 5.22. The molecule has 0 saturated heterocycles. The SMILES string of the molecule is O=C(NCC(O)c1ccccc1)c1ccc2c(c1)CNC2. The fraction of sp³-hybridized carbons (Fsp3) is 0.235. The van der Waals surface area contributed by atoms with E-state index in [1.807, 2.05) is 48.5 Å². The van der Waals surface area contributed by atoms with Crippen molar-refractivity contribution in [1.82, 2.24) is 10.6 Å². The number of carbonyl (C=O) groups excluding carboxylic acids is 1. The average molecular weight is 282 g/mol. The molecule has 21 heavy (non-hydrogen) atoms. The third-order valence-electron chi connectivity index (χ3n) is 3.74. The van der Waals surface area contributed by atoms with E-state index in [9.17, 15) is 9.90 Å². The Bertz CT molecular complexity index is 640. The van der Waals surface area contributed by atoms with E-state index < -0.39 is 6.10 Å². The molecule has 1 aliphatic rings. The molecule has 2 aromatic rings. The van der Waals surface area contributed by atoms with Gasteiger partial charge >= 0.3 is 0 Å². The summed E-state index contributed by atoms with van der Waals surface area (Å²) in [5.74, 6) is -0.153. The van der Waals surface area contributed by atoms with Gasteiger partial charge in [0.25, 0.3) is 5.91 Å². The topological polar surface area (TPSA) is 61.4 Å². The molecule has 0 spiro atoms. The van der Waals surface area contributed by atoms with Crippen molar-refractivity contribution in [3.63, 3.8) is 0 Å². The first-order valence-corrected chi connectivity index (χ1v) is 7.08. The summed E-state index contributed by atoms with van der Waals surface area (Å²) in [7, 11) is 0. The minimum atomic E-state index is -0.689. The van der Waals surface area contributed by atoms with Crippen LogP contribution in [0.15, 0.2) is 48.5 Å². The highest BCUT2D eigenvalue weighted by Gasteiger charge is 2.14. The fourth-order valence-corrected chi connectivity index (χ4v) is 2.52. The number of hydrogen-bond acceptors (Lipinski definition) is 3. The van der Waals surface area contributed by atoms with Crippen LogP contribution in [0.4, 0.5) is 0 Å². The Morgan fingerprint density at radius 2 is 1.90 bits per heavy atom. The molecule has 4 nitrogen and oxygen atoms in total. The lowest BCUT2D eigenvalue weighted by molar-refractivity contribution is 0.0916. The molecule has 1 aliphatic heterocycles. The van der Waals surface area contributed by atoms with E-state index in [2.05, 4.69) is 10.6 Å². The van der Waals surface area contributed by atoms with Gasteiger partial charge in [-0.2, -0.15) is 0 Å². The second kappa shape index (κ2) is 6.08. The second-order valence-electron chi connectivity index (χ2n) is 5.22. The number of nitrogens with one attached hydrogen (secondary N) is 2. The third kappa shape index (κ3) is 3.12. The quantitative estimate of drug-likeness (QED) is 0.800. The summed E-state index contributed by atoms with van der Waals surface area (Å²) in [5, 5.41) is 16.1. The van der Waals surface area contributed by atoms with Crippen LogP contribution in [0.2, 0.25) is 0 Å². The maximum atomic E-state index is 12.1. The molecule has 0 fully saturated rings. The number of rotatable bonds is 4. The van der Waals surface area contributed by atoms with Crippen LogP contribution in [0.1, 0.15) is 33.2 Å². The summed E-state index contributed by atoms with van der Waals surface area (Å²) < 4.78 is 0. The van der Waals surface area contributed by atoms with Gasteiger partial charge in [-0.25, -0.2) is 0 Å². The molecule has 0 radical (unpaired) electrons. The molecule has 0 aliphatic carbocycles. The van der Waals surface area contributed by atoms with Gasteiger partial charge in [-0.15, -0.1) is 0 Å². The molecule has 1 heterocycles. The molecule has 4 heteroatoms. The van der Waals surface area contributed by atoms with E-state index >= 15 is 0 Å². The number of hydrogen-bond donors (Lipinski definition) is 3. The lowest BCUT2D eigenvalue weighted by atomic mass is 10.1. The predicted molar refractivity (Wildman–Crippen MR) is 80.7 cm³/mol. The first kappa shape index (κ1) is 13.8. The molecule has 3 N–H and O–H groups in total. The fourth-order valence-electron chi connectivity index (χ4n) is 2.52. The van der Waals surface area contributed by atoms with Gasteiger partial charge in [-0.3, -0.25) is 4.79 Å². The highest BCUT2D eigenvalue weighted by Crippen LogP contribution is 2.17. The van der Waals surface area contributed by atoms with Crippen LogP contribution in [-0.2, 0) is 13.1 Å². The smallest absolute Gasteiger partial charge is 0.251 e. The Morgan fingerprint density at radius 3 is 2.71 bits per heavy atom. The first-order valence-electron chi connectivity index (χ1n) is 7.08. The van der Waals surface area contributed by atoms with Crippen molar-refractivity contribution in [1.29, 1.82) is 0 Å². The van der Waals surface area contributed by atoms with E-state index in [0.29, 0.717) is 5.56 Å². The van der Waals surface area contributed by atoms with Gasteiger partial charge in [0.1, 0.15) is 0 Å². The summed E-state index contributed by atoms with van der Waals surface area (Å²) in [6, 6.07) is 15.1. The minimum Gasteiger partial charge on any atom is -0.387 e. The molecule has 0 saturated carbocycles. The molecule has 108 valence electrons. The summed E-state index contributed by atoms with van der Waals surface area (Å²) >= 11 is 0. The number of aliphatic hydroxyl groups excluding tert-OH is 1. The molecule has 3 rings (SSSR count). The van der Waals surface area contributed by atoms with Crippen molar-refractivity contribution in [3.8, 4) is 0 Å². The van der Waals surface area contributed by atoms with Crippen molar-refractivity contribution >= 4 is 5.91 Å². The van der Waals surface area contributed by atoms with Crippen LogP contribution in [0, 0.1) is 0 Å². The van der Waals surface area contributed by atoms with Gasteiger partial charge in [0.15, 0.2) is 0 Å². The zero-order valence-corrected chi connectivity index (χ0v) is 11.7. The molecule has 1 amide bonds. The molecular formula is C17H18N2O2. The van der Waals surface area contributed by atoms with E-state index in [0.717, 1.165) is 18.7 Å². The Kier molecular flexibility index (Phi) is 3.99. The summed E-state index contributed by atoms with van der Waals surface area (Å²) in [4.78, 5) is 12.1. The molecule has 2 aromatic carbocycles. The highest BCUT2D eigenvalue weighted by atomic mass is 16.3. The molecule has 0 aromatic heterocycles. The average Bonchev–Trinajstić information content (AvgIpc) is 3.00. The van der Waals surface area contributed by atoms with Crippen molar-refractivity contribution in [2.45, 2.75) is 19.2 Å². The zero-order chi connectivity index (χ0) is 14.7. The van der Waals surface area contributed by atoms with E-state index in [1.165, 1.54) is 11.1 Å². The van der Waals surface area contributed by atoms with Gasteiger partial charge in [0.05, 0.1) is 6.10 Å². The zero-order valence-electron chi connectivity index (χ0n) is 11.7. The number of aliphatic hydroxyl groups is 1. The first-order chi connectivity index (χ1) is 10.2. The van der Waals surface area contributed by atoms with Crippen LogP contribution >= 0.6 is 0 Å². The normalized spacial score (nSPS) is 14.5. The maximum absolute atomic E-state index is 12.1. The van der Waals surface area contributed by atoms with Gasteiger partial charge < -0.3 is 15.7 Å². The van der Waals surface area contributed by atoms with Crippen molar-refractivity contribution < 1.29 is 9.90 Å². The van der Waals surface area contributed by atoms with Gasteiger partial charge in [0.2, 0.25) is 0 Å². The van der Waals surface area contributed by atoms with Crippen molar-refractivity contribution in [2.75, 3.05) is 6.54 Å². The van der Waals surface area contributed by atoms with Crippen LogP contribution in [-0.4, -0.2) is 17.6 Å². The van der Waals surface area contributed by atoms with E-state index in [-0.39, 0.29) is 12.5 Å².